The Bertz CT molecular complexity index is 1090. The molecule has 0 aliphatic carbocycles. The highest BCUT2D eigenvalue weighted by atomic mass is 32.2. The van der Waals surface area contributed by atoms with E-state index in [0.29, 0.717) is 11.1 Å². The van der Waals surface area contributed by atoms with Crippen LogP contribution in [0.25, 0.3) is 11.1 Å². The molecule has 150 valence electrons. The van der Waals surface area contributed by atoms with Crippen molar-refractivity contribution in [1.82, 2.24) is 10.0 Å². The molecule has 2 N–H and O–H groups in total. The van der Waals surface area contributed by atoms with Gasteiger partial charge >= 0.3 is 0 Å². The minimum Gasteiger partial charge on any atom is -0.351 e. The highest BCUT2D eigenvalue weighted by Crippen LogP contribution is 2.19. The van der Waals surface area contributed by atoms with Gasteiger partial charge in [0, 0.05) is 18.7 Å². The van der Waals surface area contributed by atoms with Crippen LogP contribution in [0.3, 0.4) is 0 Å². The molecular formula is C23H24N2O3S. The smallest absolute Gasteiger partial charge is 0.251 e. The standard InChI is InChI=1S/C23H24N2O3S/c1-17-8-13-22(18(2)16-17)29(27,28)25-15-14-24-23(26)21-11-9-20(10-12-21)19-6-4-3-5-7-19/h3-13,16,25H,14-15H2,1-2H3,(H,24,26). The summed E-state index contributed by atoms with van der Waals surface area (Å²) >= 11 is 0. The van der Waals surface area contributed by atoms with Gasteiger partial charge in [-0.3, -0.25) is 4.79 Å². The van der Waals surface area contributed by atoms with Crippen LogP contribution >= 0.6 is 0 Å². The zero-order valence-electron chi connectivity index (χ0n) is 16.5. The monoisotopic (exact) mass is 408 g/mol. The Labute approximate surface area is 171 Å². The Balaban J connectivity index is 1.53. The summed E-state index contributed by atoms with van der Waals surface area (Å²) in [5.41, 5.74) is 4.34. The fourth-order valence-electron chi connectivity index (χ4n) is 3.09. The van der Waals surface area contributed by atoms with Crippen molar-refractivity contribution in [2.75, 3.05) is 13.1 Å². The van der Waals surface area contributed by atoms with Crippen molar-refractivity contribution in [2.24, 2.45) is 0 Å². The first-order valence-corrected chi connectivity index (χ1v) is 10.9. The van der Waals surface area contributed by atoms with Gasteiger partial charge in [-0.25, -0.2) is 13.1 Å². The van der Waals surface area contributed by atoms with Crippen LogP contribution in [0.1, 0.15) is 21.5 Å². The van der Waals surface area contributed by atoms with Crippen LogP contribution in [0.5, 0.6) is 0 Å². The van der Waals surface area contributed by atoms with Gasteiger partial charge in [0.2, 0.25) is 10.0 Å². The number of benzene rings is 3. The van der Waals surface area contributed by atoms with Crippen LogP contribution in [0, 0.1) is 13.8 Å². The lowest BCUT2D eigenvalue weighted by atomic mass is 10.0. The molecule has 0 spiro atoms. The van der Waals surface area contributed by atoms with E-state index in [-0.39, 0.29) is 23.9 Å². The average molecular weight is 409 g/mol. The molecule has 0 aliphatic rings. The molecule has 0 aromatic heterocycles. The lowest BCUT2D eigenvalue weighted by Gasteiger charge is -2.11. The molecule has 3 aromatic carbocycles. The van der Waals surface area contributed by atoms with Crippen molar-refractivity contribution >= 4 is 15.9 Å². The molecule has 0 aliphatic heterocycles. The Kier molecular flexibility index (Phi) is 6.46. The van der Waals surface area contributed by atoms with Crippen molar-refractivity contribution in [3.05, 3.63) is 89.5 Å². The molecule has 5 nitrogen and oxygen atoms in total. The van der Waals surface area contributed by atoms with E-state index in [0.717, 1.165) is 16.7 Å². The predicted molar refractivity (Wildman–Crippen MR) is 115 cm³/mol. The third kappa shape index (κ3) is 5.31. The Morgan fingerprint density at radius 1 is 0.828 bits per heavy atom. The fourth-order valence-corrected chi connectivity index (χ4v) is 4.34. The van der Waals surface area contributed by atoms with Crippen molar-refractivity contribution in [1.29, 1.82) is 0 Å². The number of sulfonamides is 1. The van der Waals surface area contributed by atoms with Gasteiger partial charge in [0.1, 0.15) is 0 Å². The van der Waals surface area contributed by atoms with Crippen LogP contribution in [-0.2, 0) is 10.0 Å². The second-order valence-electron chi connectivity index (χ2n) is 6.87. The average Bonchev–Trinajstić information content (AvgIpc) is 2.71. The van der Waals surface area contributed by atoms with E-state index in [1.807, 2.05) is 55.5 Å². The van der Waals surface area contributed by atoms with E-state index in [1.54, 1.807) is 31.2 Å². The summed E-state index contributed by atoms with van der Waals surface area (Å²) in [6.45, 7) is 3.99. The number of hydrogen-bond donors (Lipinski definition) is 2. The molecule has 0 unspecified atom stereocenters. The quantitative estimate of drug-likeness (QED) is 0.586. The maximum atomic E-state index is 12.4. The van der Waals surface area contributed by atoms with Gasteiger partial charge in [0.05, 0.1) is 4.90 Å². The molecule has 0 bridgehead atoms. The Morgan fingerprint density at radius 3 is 2.14 bits per heavy atom. The van der Waals surface area contributed by atoms with Crippen LogP contribution in [0.2, 0.25) is 0 Å². The number of rotatable bonds is 7. The SMILES string of the molecule is Cc1ccc(S(=O)(=O)NCCNC(=O)c2ccc(-c3ccccc3)cc2)c(C)c1. The van der Waals surface area contributed by atoms with Gasteiger partial charge in [-0.1, -0.05) is 60.2 Å². The number of nitrogens with one attached hydrogen (secondary N) is 2. The van der Waals surface area contributed by atoms with E-state index >= 15 is 0 Å². The Morgan fingerprint density at radius 2 is 1.48 bits per heavy atom. The maximum absolute atomic E-state index is 12.4. The van der Waals surface area contributed by atoms with Crippen LogP contribution in [0.4, 0.5) is 0 Å². The summed E-state index contributed by atoms with van der Waals surface area (Å²) in [7, 11) is -3.61. The van der Waals surface area contributed by atoms with Crippen molar-refractivity contribution in [2.45, 2.75) is 18.7 Å². The van der Waals surface area contributed by atoms with E-state index in [4.69, 9.17) is 0 Å². The van der Waals surface area contributed by atoms with Gasteiger partial charge in [0.25, 0.3) is 5.91 Å². The third-order valence-electron chi connectivity index (χ3n) is 4.58. The normalized spacial score (nSPS) is 11.2. The number of amides is 1. The lowest BCUT2D eigenvalue weighted by Crippen LogP contribution is -2.34. The minimum absolute atomic E-state index is 0.115. The molecule has 0 fully saturated rings. The zero-order valence-corrected chi connectivity index (χ0v) is 17.3. The molecule has 3 aromatic rings. The molecular weight excluding hydrogens is 384 g/mol. The van der Waals surface area contributed by atoms with Crippen molar-refractivity contribution in [3.63, 3.8) is 0 Å². The summed E-state index contributed by atoms with van der Waals surface area (Å²) in [6, 6.07) is 22.4. The predicted octanol–water partition coefficient (Wildman–Crippen LogP) is 3.68. The molecule has 1 amide bonds. The second-order valence-corrected chi connectivity index (χ2v) is 8.60. The van der Waals surface area contributed by atoms with Gasteiger partial charge < -0.3 is 5.32 Å². The van der Waals surface area contributed by atoms with Crippen molar-refractivity contribution in [3.8, 4) is 11.1 Å². The molecule has 0 atom stereocenters. The van der Waals surface area contributed by atoms with Crippen LogP contribution < -0.4 is 10.0 Å². The molecule has 0 saturated heterocycles. The number of carbonyl (C=O) groups excluding carboxylic acids is 1. The highest BCUT2D eigenvalue weighted by Gasteiger charge is 2.16. The third-order valence-corrected chi connectivity index (χ3v) is 6.20. The first-order valence-electron chi connectivity index (χ1n) is 9.37. The van der Waals surface area contributed by atoms with Crippen LogP contribution in [-0.4, -0.2) is 27.4 Å². The highest BCUT2D eigenvalue weighted by molar-refractivity contribution is 7.89. The largest absolute Gasteiger partial charge is 0.351 e. The molecule has 0 heterocycles. The van der Waals surface area contributed by atoms with Gasteiger partial charge in [0.15, 0.2) is 0 Å². The van der Waals surface area contributed by atoms with Gasteiger partial charge in [-0.05, 0) is 48.7 Å². The van der Waals surface area contributed by atoms with E-state index in [2.05, 4.69) is 10.0 Å². The summed E-state index contributed by atoms with van der Waals surface area (Å²) in [5.74, 6) is -0.240. The molecule has 0 saturated carbocycles. The minimum atomic E-state index is -3.61. The summed E-state index contributed by atoms with van der Waals surface area (Å²) < 4.78 is 27.4. The number of carbonyl (C=O) groups is 1. The molecule has 29 heavy (non-hydrogen) atoms. The van der Waals surface area contributed by atoms with Crippen molar-refractivity contribution < 1.29 is 13.2 Å². The fraction of sp³-hybridized carbons (Fsp3) is 0.174. The second kappa shape index (κ2) is 9.03. The zero-order chi connectivity index (χ0) is 20.9. The summed E-state index contributed by atoms with van der Waals surface area (Å²) in [6.07, 6.45) is 0. The summed E-state index contributed by atoms with van der Waals surface area (Å²) in [5, 5.41) is 2.74. The van der Waals surface area contributed by atoms with Crippen LogP contribution in [0.15, 0.2) is 77.7 Å². The first-order chi connectivity index (χ1) is 13.9. The van der Waals surface area contributed by atoms with Gasteiger partial charge in [-0.15, -0.1) is 0 Å². The van der Waals surface area contributed by atoms with E-state index < -0.39 is 10.0 Å². The maximum Gasteiger partial charge on any atom is 0.251 e. The molecule has 3 rings (SSSR count). The lowest BCUT2D eigenvalue weighted by molar-refractivity contribution is 0.0954. The Hall–Kier alpha value is -2.96. The summed E-state index contributed by atoms with van der Waals surface area (Å²) in [4.78, 5) is 12.5. The first kappa shape index (κ1) is 20.8. The number of hydrogen-bond acceptors (Lipinski definition) is 3. The van der Waals surface area contributed by atoms with E-state index in [9.17, 15) is 13.2 Å². The van der Waals surface area contributed by atoms with Gasteiger partial charge in [-0.2, -0.15) is 0 Å². The number of aryl methyl sites for hydroxylation is 2. The topological polar surface area (TPSA) is 75.3 Å². The molecule has 0 radical (unpaired) electrons. The molecule has 6 heteroatoms. The van der Waals surface area contributed by atoms with E-state index in [1.165, 1.54) is 0 Å².